The number of aromatic nitrogens is 1. The number of nitrogens with one attached hydrogen (secondary N) is 2. The van der Waals surface area contributed by atoms with Gasteiger partial charge in [-0.25, -0.2) is 9.78 Å². The van der Waals surface area contributed by atoms with Gasteiger partial charge in [0.15, 0.2) is 16.3 Å². The summed E-state index contributed by atoms with van der Waals surface area (Å²) in [6, 6.07) is 17.0. The van der Waals surface area contributed by atoms with Crippen LogP contribution in [-0.2, 0) is 4.74 Å². The number of rotatable bonds is 4. The number of fused-ring (bicyclic) bond motifs is 1. The van der Waals surface area contributed by atoms with Crippen LogP contribution >= 0.6 is 11.3 Å². The van der Waals surface area contributed by atoms with Gasteiger partial charge >= 0.3 is 6.09 Å². The molecule has 0 aliphatic rings. The molecule has 2 heterocycles. The Morgan fingerprint density at radius 3 is 2.53 bits per heavy atom. The number of thiazole rings is 1. The van der Waals surface area contributed by atoms with Crippen LogP contribution in [0.15, 0.2) is 69.9 Å². The second-order valence-corrected chi connectivity index (χ2v) is 7.10. The SMILES string of the molecule is COC(=O)Nc1nc(-c2ccccc2)c(NC(=O)c2cc(=O)c3ccccc3o2)s1. The Balaban J connectivity index is 1.70. The van der Waals surface area contributed by atoms with Gasteiger partial charge in [-0.3, -0.25) is 14.9 Å². The number of para-hydroxylation sites is 1. The van der Waals surface area contributed by atoms with Crippen LogP contribution < -0.4 is 16.1 Å². The predicted octanol–water partition coefficient (Wildman–Crippen LogP) is 4.35. The first kappa shape index (κ1) is 19.3. The molecule has 0 unspecified atom stereocenters. The molecule has 0 saturated heterocycles. The summed E-state index contributed by atoms with van der Waals surface area (Å²) in [5.74, 6) is -0.739. The van der Waals surface area contributed by atoms with Gasteiger partial charge in [0.25, 0.3) is 5.91 Å². The Morgan fingerprint density at radius 1 is 1.03 bits per heavy atom. The van der Waals surface area contributed by atoms with E-state index in [1.165, 1.54) is 7.11 Å². The monoisotopic (exact) mass is 421 g/mol. The van der Waals surface area contributed by atoms with Crippen molar-refractivity contribution in [2.75, 3.05) is 17.7 Å². The molecule has 8 nitrogen and oxygen atoms in total. The topological polar surface area (TPSA) is 111 Å². The molecule has 9 heteroatoms. The molecule has 2 amide bonds. The summed E-state index contributed by atoms with van der Waals surface area (Å²) in [6.45, 7) is 0. The first-order valence-corrected chi connectivity index (χ1v) is 9.62. The lowest BCUT2D eigenvalue weighted by atomic mass is 10.1. The number of carbonyl (C=O) groups excluding carboxylic acids is 2. The van der Waals surface area contributed by atoms with Gasteiger partial charge in [-0.2, -0.15) is 0 Å². The van der Waals surface area contributed by atoms with Crippen molar-refractivity contribution in [1.82, 2.24) is 4.98 Å². The van der Waals surface area contributed by atoms with Crippen LogP contribution in [0.2, 0.25) is 0 Å². The maximum absolute atomic E-state index is 12.8. The lowest BCUT2D eigenvalue weighted by Gasteiger charge is -2.05. The number of benzene rings is 2. The van der Waals surface area contributed by atoms with Crippen LogP contribution in [0, 0.1) is 0 Å². The summed E-state index contributed by atoms with van der Waals surface area (Å²) in [5.41, 5.74) is 1.20. The van der Waals surface area contributed by atoms with Crippen LogP contribution in [0.1, 0.15) is 10.6 Å². The molecule has 0 radical (unpaired) electrons. The molecule has 30 heavy (non-hydrogen) atoms. The van der Waals surface area contributed by atoms with E-state index in [0.29, 0.717) is 21.7 Å². The minimum Gasteiger partial charge on any atom is -0.453 e. The fraction of sp³-hybridized carbons (Fsp3) is 0.0476. The molecule has 4 aromatic rings. The highest BCUT2D eigenvalue weighted by Crippen LogP contribution is 2.36. The number of hydrogen-bond donors (Lipinski definition) is 2. The number of amides is 2. The summed E-state index contributed by atoms with van der Waals surface area (Å²) in [7, 11) is 1.24. The van der Waals surface area contributed by atoms with E-state index in [-0.39, 0.29) is 16.3 Å². The normalized spacial score (nSPS) is 10.6. The molecule has 0 fully saturated rings. The van der Waals surface area contributed by atoms with E-state index in [9.17, 15) is 14.4 Å². The zero-order chi connectivity index (χ0) is 21.1. The van der Waals surface area contributed by atoms with Crippen molar-refractivity contribution in [3.05, 3.63) is 76.6 Å². The summed E-state index contributed by atoms with van der Waals surface area (Å²) in [4.78, 5) is 41.0. The number of nitrogens with zero attached hydrogens (tertiary/aromatic N) is 1. The maximum Gasteiger partial charge on any atom is 0.413 e. The van der Waals surface area contributed by atoms with Crippen LogP contribution in [0.3, 0.4) is 0 Å². The minimum atomic E-state index is -0.679. The van der Waals surface area contributed by atoms with E-state index in [4.69, 9.17) is 4.42 Å². The largest absolute Gasteiger partial charge is 0.453 e. The lowest BCUT2D eigenvalue weighted by Crippen LogP contribution is -2.14. The zero-order valence-corrected chi connectivity index (χ0v) is 16.5. The zero-order valence-electron chi connectivity index (χ0n) is 15.7. The van der Waals surface area contributed by atoms with E-state index < -0.39 is 12.0 Å². The number of methoxy groups -OCH3 is 1. The van der Waals surface area contributed by atoms with Crippen molar-refractivity contribution in [2.45, 2.75) is 0 Å². The number of anilines is 2. The van der Waals surface area contributed by atoms with E-state index in [0.717, 1.165) is 23.0 Å². The molecule has 0 aliphatic heterocycles. The molecule has 2 aromatic carbocycles. The summed E-state index contributed by atoms with van der Waals surface area (Å²) < 4.78 is 10.2. The Labute approximate surface area is 174 Å². The van der Waals surface area contributed by atoms with E-state index in [1.807, 2.05) is 30.3 Å². The van der Waals surface area contributed by atoms with Gasteiger partial charge in [-0.15, -0.1) is 0 Å². The Bertz CT molecular complexity index is 1300. The summed E-state index contributed by atoms with van der Waals surface area (Å²) in [5, 5.41) is 6.23. The van der Waals surface area contributed by atoms with E-state index >= 15 is 0 Å². The van der Waals surface area contributed by atoms with Crippen molar-refractivity contribution < 1.29 is 18.7 Å². The standard InChI is InChI=1S/C21H15N3O5S/c1-28-21(27)24-20-22-17(12-7-3-2-4-8-12)19(30-20)23-18(26)16-11-14(25)13-9-5-6-10-15(13)29-16/h2-11H,1H3,(H,23,26)(H,22,24,27). The molecule has 0 saturated carbocycles. The first-order chi connectivity index (χ1) is 14.5. The molecule has 0 spiro atoms. The molecule has 150 valence electrons. The van der Waals surface area contributed by atoms with Crippen molar-refractivity contribution >= 4 is 44.4 Å². The second-order valence-electron chi connectivity index (χ2n) is 6.10. The molecule has 2 N–H and O–H groups in total. The van der Waals surface area contributed by atoms with E-state index in [1.54, 1.807) is 24.3 Å². The average Bonchev–Trinajstić information content (AvgIpc) is 3.16. The highest BCUT2D eigenvalue weighted by Gasteiger charge is 2.19. The van der Waals surface area contributed by atoms with Gasteiger partial charge in [0.1, 0.15) is 16.3 Å². The van der Waals surface area contributed by atoms with Gasteiger partial charge in [-0.1, -0.05) is 53.8 Å². The molecule has 4 rings (SSSR count). The fourth-order valence-corrected chi connectivity index (χ4v) is 3.64. The number of ether oxygens (including phenoxy) is 1. The van der Waals surface area contributed by atoms with Crippen molar-refractivity contribution in [3.8, 4) is 11.3 Å². The summed E-state index contributed by atoms with van der Waals surface area (Å²) >= 11 is 1.05. The smallest absolute Gasteiger partial charge is 0.413 e. The molecule has 0 atom stereocenters. The molecule has 0 bridgehead atoms. The van der Waals surface area contributed by atoms with Crippen LogP contribution in [0.25, 0.3) is 22.2 Å². The van der Waals surface area contributed by atoms with Gasteiger partial charge < -0.3 is 14.5 Å². The highest BCUT2D eigenvalue weighted by atomic mass is 32.1. The minimum absolute atomic E-state index is 0.131. The average molecular weight is 421 g/mol. The predicted molar refractivity (Wildman–Crippen MR) is 114 cm³/mol. The maximum atomic E-state index is 12.8. The second kappa shape index (κ2) is 8.18. The lowest BCUT2D eigenvalue weighted by molar-refractivity contribution is 0.0997. The third-order valence-corrected chi connectivity index (χ3v) is 5.04. The third-order valence-electron chi connectivity index (χ3n) is 4.15. The van der Waals surface area contributed by atoms with Gasteiger partial charge in [0.05, 0.1) is 12.5 Å². The van der Waals surface area contributed by atoms with Crippen LogP contribution in [0.5, 0.6) is 0 Å². The Hall–Kier alpha value is -3.98. The Kier molecular flexibility index (Phi) is 5.27. The highest BCUT2D eigenvalue weighted by molar-refractivity contribution is 7.20. The fourth-order valence-electron chi connectivity index (χ4n) is 2.77. The number of carbonyl (C=O) groups is 2. The van der Waals surface area contributed by atoms with Gasteiger partial charge in [0.2, 0.25) is 0 Å². The molecule has 0 aliphatic carbocycles. The van der Waals surface area contributed by atoms with Crippen LogP contribution in [0.4, 0.5) is 14.9 Å². The summed E-state index contributed by atoms with van der Waals surface area (Å²) in [6.07, 6.45) is -0.679. The number of hydrogen-bond acceptors (Lipinski definition) is 7. The molecule has 2 aromatic heterocycles. The first-order valence-electron chi connectivity index (χ1n) is 8.80. The molecular weight excluding hydrogens is 406 g/mol. The van der Waals surface area contributed by atoms with Crippen molar-refractivity contribution in [2.24, 2.45) is 0 Å². The molecular formula is C21H15N3O5S. The third kappa shape index (κ3) is 3.91. The van der Waals surface area contributed by atoms with Crippen molar-refractivity contribution in [3.63, 3.8) is 0 Å². The van der Waals surface area contributed by atoms with Crippen LogP contribution in [-0.4, -0.2) is 24.1 Å². The van der Waals surface area contributed by atoms with E-state index in [2.05, 4.69) is 20.4 Å². The van der Waals surface area contributed by atoms with Crippen molar-refractivity contribution in [1.29, 1.82) is 0 Å². The Morgan fingerprint density at radius 2 is 1.77 bits per heavy atom. The van der Waals surface area contributed by atoms with Gasteiger partial charge in [0, 0.05) is 11.6 Å². The quantitative estimate of drug-likeness (QED) is 0.507. The van der Waals surface area contributed by atoms with Gasteiger partial charge in [-0.05, 0) is 12.1 Å².